The summed E-state index contributed by atoms with van der Waals surface area (Å²) in [7, 11) is 0. The van der Waals surface area contributed by atoms with E-state index < -0.39 is 0 Å². The standard InChI is InChI=1S/C14H18N2/c1-2-16(14-8-9-14)11-13(10-15)12-6-4-3-5-7-12/h3-7,13-14H,2,8-9,11H2,1H3. The lowest BCUT2D eigenvalue weighted by Crippen LogP contribution is -2.30. The van der Waals surface area contributed by atoms with Crippen LogP contribution in [0.4, 0.5) is 0 Å². The lowest BCUT2D eigenvalue weighted by atomic mass is 10.00. The predicted molar refractivity (Wildman–Crippen MR) is 65.1 cm³/mol. The van der Waals surface area contributed by atoms with Gasteiger partial charge >= 0.3 is 0 Å². The van der Waals surface area contributed by atoms with Crippen LogP contribution in [0.1, 0.15) is 31.2 Å². The van der Waals surface area contributed by atoms with Gasteiger partial charge in [-0.15, -0.1) is 0 Å². The average Bonchev–Trinajstić information content (AvgIpc) is 3.16. The van der Waals surface area contributed by atoms with E-state index in [1.165, 1.54) is 12.8 Å². The molecule has 0 aliphatic heterocycles. The van der Waals surface area contributed by atoms with Crippen LogP contribution in [0.3, 0.4) is 0 Å². The molecule has 1 saturated carbocycles. The van der Waals surface area contributed by atoms with Crippen molar-refractivity contribution in [3.8, 4) is 6.07 Å². The van der Waals surface area contributed by atoms with Crippen LogP contribution >= 0.6 is 0 Å². The molecule has 2 rings (SSSR count). The second-order valence-electron chi connectivity index (χ2n) is 4.41. The number of hydrogen-bond acceptors (Lipinski definition) is 2. The highest BCUT2D eigenvalue weighted by Gasteiger charge is 2.29. The zero-order valence-electron chi connectivity index (χ0n) is 9.76. The Bertz CT molecular complexity index is 362. The molecule has 2 nitrogen and oxygen atoms in total. The van der Waals surface area contributed by atoms with Crippen LogP contribution in [0.2, 0.25) is 0 Å². The van der Waals surface area contributed by atoms with Crippen LogP contribution in [0.25, 0.3) is 0 Å². The number of rotatable bonds is 5. The second kappa shape index (κ2) is 5.14. The Kier molecular flexibility index (Phi) is 3.58. The third kappa shape index (κ3) is 2.62. The summed E-state index contributed by atoms with van der Waals surface area (Å²) in [5.41, 5.74) is 1.14. The molecule has 1 fully saturated rings. The summed E-state index contributed by atoms with van der Waals surface area (Å²) in [4.78, 5) is 2.43. The van der Waals surface area contributed by atoms with E-state index >= 15 is 0 Å². The van der Waals surface area contributed by atoms with Gasteiger partial charge in [-0.2, -0.15) is 5.26 Å². The van der Waals surface area contributed by atoms with Crippen LogP contribution in [0.5, 0.6) is 0 Å². The topological polar surface area (TPSA) is 27.0 Å². The molecule has 1 aliphatic rings. The van der Waals surface area contributed by atoms with Crippen molar-refractivity contribution in [3.63, 3.8) is 0 Å². The van der Waals surface area contributed by atoms with Gasteiger partial charge in [-0.25, -0.2) is 0 Å². The summed E-state index contributed by atoms with van der Waals surface area (Å²) >= 11 is 0. The Labute approximate surface area is 97.5 Å². The van der Waals surface area contributed by atoms with Gasteiger partial charge in [-0.1, -0.05) is 37.3 Å². The molecular weight excluding hydrogens is 196 g/mol. The molecule has 0 amide bonds. The van der Waals surface area contributed by atoms with Gasteiger partial charge in [-0.05, 0) is 24.9 Å². The molecule has 0 aromatic heterocycles. The molecule has 0 saturated heterocycles. The normalized spacial score (nSPS) is 17.1. The monoisotopic (exact) mass is 214 g/mol. The number of likely N-dealkylation sites (N-methyl/N-ethyl adjacent to an activating group) is 1. The van der Waals surface area contributed by atoms with E-state index in [9.17, 15) is 5.26 Å². The highest BCUT2D eigenvalue weighted by atomic mass is 15.2. The molecular formula is C14H18N2. The maximum absolute atomic E-state index is 9.25. The van der Waals surface area contributed by atoms with Gasteiger partial charge in [-0.3, -0.25) is 4.90 Å². The smallest absolute Gasteiger partial charge is 0.0839 e. The van der Waals surface area contributed by atoms with Gasteiger partial charge in [0.05, 0.1) is 12.0 Å². The molecule has 0 bridgehead atoms. The zero-order valence-corrected chi connectivity index (χ0v) is 9.76. The first kappa shape index (κ1) is 11.2. The third-order valence-electron chi connectivity index (χ3n) is 3.24. The molecule has 1 aliphatic carbocycles. The molecule has 1 aromatic rings. The lowest BCUT2D eigenvalue weighted by Gasteiger charge is -2.22. The van der Waals surface area contributed by atoms with Gasteiger partial charge in [0.15, 0.2) is 0 Å². The van der Waals surface area contributed by atoms with E-state index in [2.05, 4.69) is 30.0 Å². The SMILES string of the molecule is CCN(CC(C#N)c1ccccc1)C1CC1. The van der Waals surface area contributed by atoms with E-state index in [0.717, 1.165) is 24.7 Å². The fourth-order valence-electron chi connectivity index (χ4n) is 2.12. The molecule has 0 heterocycles. The van der Waals surface area contributed by atoms with E-state index in [1.807, 2.05) is 18.2 Å². The van der Waals surface area contributed by atoms with Crippen molar-refractivity contribution in [2.24, 2.45) is 0 Å². The summed E-state index contributed by atoms with van der Waals surface area (Å²) in [6, 6.07) is 13.3. The van der Waals surface area contributed by atoms with Gasteiger partial charge in [0.2, 0.25) is 0 Å². The minimum atomic E-state index is 0.0155. The van der Waals surface area contributed by atoms with E-state index in [0.29, 0.717) is 0 Å². The summed E-state index contributed by atoms with van der Waals surface area (Å²) in [5, 5.41) is 9.25. The van der Waals surface area contributed by atoms with Crippen LogP contribution in [0, 0.1) is 11.3 Å². The van der Waals surface area contributed by atoms with E-state index in [1.54, 1.807) is 0 Å². The average molecular weight is 214 g/mol. The number of benzene rings is 1. The molecule has 1 atom stereocenters. The third-order valence-corrected chi connectivity index (χ3v) is 3.24. The van der Waals surface area contributed by atoms with Gasteiger partial charge in [0.25, 0.3) is 0 Å². The summed E-state index contributed by atoms with van der Waals surface area (Å²) in [5.74, 6) is 0.0155. The Morgan fingerprint density at radius 2 is 2.06 bits per heavy atom. The molecule has 0 N–H and O–H groups in total. The molecule has 1 aromatic carbocycles. The lowest BCUT2D eigenvalue weighted by molar-refractivity contribution is 0.272. The van der Waals surface area contributed by atoms with Gasteiger partial charge in [0, 0.05) is 12.6 Å². The number of nitrogens with zero attached hydrogens (tertiary/aromatic N) is 2. The van der Waals surface area contributed by atoms with Crippen molar-refractivity contribution in [3.05, 3.63) is 35.9 Å². The minimum absolute atomic E-state index is 0.0155. The second-order valence-corrected chi connectivity index (χ2v) is 4.41. The van der Waals surface area contributed by atoms with Crippen LogP contribution in [-0.4, -0.2) is 24.0 Å². The molecule has 16 heavy (non-hydrogen) atoms. The summed E-state index contributed by atoms with van der Waals surface area (Å²) in [6.07, 6.45) is 2.61. The summed E-state index contributed by atoms with van der Waals surface area (Å²) in [6.45, 7) is 4.11. The predicted octanol–water partition coefficient (Wildman–Crippen LogP) is 2.78. The molecule has 1 unspecified atom stereocenters. The largest absolute Gasteiger partial charge is 0.299 e. The Morgan fingerprint density at radius 1 is 1.38 bits per heavy atom. The molecule has 84 valence electrons. The van der Waals surface area contributed by atoms with E-state index in [-0.39, 0.29) is 5.92 Å². The number of nitriles is 1. The van der Waals surface area contributed by atoms with Crippen molar-refractivity contribution in [1.29, 1.82) is 5.26 Å². The van der Waals surface area contributed by atoms with E-state index in [4.69, 9.17) is 0 Å². The molecule has 2 heteroatoms. The quantitative estimate of drug-likeness (QED) is 0.753. The first-order chi connectivity index (χ1) is 7.85. The summed E-state index contributed by atoms with van der Waals surface area (Å²) < 4.78 is 0. The fraction of sp³-hybridized carbons (Fsp3) is 0.500. The van der Waals surface area contributed by atoms with Crippen LogP contribution in [-0.2, 0) is 0 Å². The highest BCUT2D eigenvalue weighted by Crippen LogP contribution is 2.28. The minimum Gasteiger partial charge on any atom is -0.299 e. The van der Waals surface area contributed by atoms with Gasteiger partial charge < -0.3 is 0 Å². The van der Waals surface area contributed by atoms with Crippen molar-refractivity contribution < 1.29 is 0 Å². The molecule has 0 radical (unpaired) electrons. The maximum atomic E-state index is 9.25. The van der Waals surface area contributed by atoms with Gasteiger partial charge in [0.1, 0.15) is 0 Å². The molecule has 0 spiro atoms. The van der Waals surface area contributed by atoms with Crippen molar-refractivity contribution in [1.82, 2.24) is 4.90 Å². The Morgan fingerprint density at radius 3 is 2.56 bits per heavy atom. The van der Waals surface area contributed by atoms with Crippen molar-refractivity contribution >= 4 is 0 Å². The van der Waals surface area contributed by atoms with Crippen molar-refractivity contribution in [2.45, 2.75) is 31.7 Å². The Hall–Kier alpha value is -1.33. The highest BCUT2D eigenvalue weighted by molar-refractivity contribution is 5.25. The zero-order chi connectivity index (χ0) is 11.4. The van der Waals surface area contributed by atoms with Crippen molar-refractivity contribution in [2.75, 3.05) is 13.1 Å². The number of hydrogen-bond donors (Lipinski definition) is 0. The maximum Gasteiger partial charge on any atom is 0.0839 e. The first-order valence-corrected chi connectivity index (χ1v) is 6.03. The van der Waals surface area contributed by atoms with Crippen LogP contribution in [0.15, 0.2) is 30.3 Å². The van der Waals surface area contributed by atoms with Crippen LogP contribution < -0.4 is 0 Å². The fourth-order valence-corrected chi connectivity index (χ4v) is 2.12. The Balaban J connectivity index is 2.03. The first-order valence-electron chi connectivity index (χ1n) is 6.03.